The van der Waals surface area contributed by atoms with Gasteiger partial charge in [0, 0.05) is 17.7 Å². The van der Waals surface area contributed by atoms with E-state index in [-0.39, 0.29) is 0 Å². The molecular weight excluding hydrogens is 290 g/mol. The molecule has 4 rings (SSSR count). The van der Waals surface area contributed by atoms with Gasteiger partial charge < -0.3 is 10.3 Å². The van der Waals surface area contributed by atoms with Crippen molar-refractivity contribution in [1.82, 2.24) is 9.97 Å². The van der Waals surface area contributed by atoms with Gasteiger partial charge in [0.2, 0.25) is 0 Å². The van der Waals surface area contributed by atoms with Crippen LogP contribution < -0.4 is 5.32 Å². The molecule has 0 fully saturated rings. The molecule has 2 heterocycles. The van der Waals surface area contributed by atoms with Gasteiger partial charge in [-0.3, -0.25) is 0 Å². The standard InChI is InChI=1S/C18H17N3S/c22-18-20-16(15-9-3-4-11-19-17(15)21-18)14-10-5-7-12-6-1-2-8-13(12)14/h1-2,5-8,10H,3-4,9,11H2,(H2,19,20,21,22). The second-order valence-corrected chi connectivity index (χ2v) is 6.04. The van der Waals surface area contributed by atoms with E-state index in [4.69, 9.17) is 12.2 Å². The van der Waals surface area contributed by atoms with Crippen LogP contribution in [0.4, 0.5) is 5.82 Å². The number of H-pyrrole nitrogens is 1. The third kappa shape index (κ3) is 2.29. The van der Waals surface area contributed by atoms with Crippen molar-refractivity contribution in [2.24, 2.45) is 0 Å². The average molecular weight is 307 g/mol. The van der Waals surface area contributed by atoms with Gasteiger partial charge in [-0.05, 0) is 42.3 Å². The molecule has 110 valence electrons. The van der Waals surface area contributed by atoms with Crippen LogP contribution in [0.15, 0.2) is 42.5 Å². The fourth-order valence-electron chi connectivity index (χ4n) is 3.19. The summed E-state index contributed by atoms with van der Waals surface area (Å²) >= 11 is 5.35. The van der Waals surface area contributed by atoms with Gasteiger partial charge in [-0.1, -0.05) is 42.5 Å². The maximum absolute atomic E-state index is 5.35. The summed E-state index contributed by atoms with van der Waals surface area (Å²) in [6.07, 6.45) is 3.36. The number of hydrogen-bond donors (Lipinski definition) is 2. The monoisotopic (exact) mass is 307 g/mol. The first-order chi connectivity index (χ1) is 10.8. The lowest BCUT2D eigenvalue weighted by molar-refractivity contribution is 0.785. The second kappa shape index (κ2) is 5.54. The van der Waals surface area contributed by atoms with Crippen molar-refractivity contribution in [2.45, 2.75) is 19.3 Å². The largest absolute Gasteiger partial charge is 0.370 e. The Hall–Kier alpha value is -2.20. The zero-order valence-corrected chi connectivity index (χ0v) is 13.0. The SMILES string of the molecule is S=c1nc2c(c(-c3cccc4ccccc34)[nH]1)CCCCN2. The fraction of sp³-hybridized carbons (Fsp3) is 0.222. The minimum Gasteiger partial charge on any atom is -0.370 e. The van der Waals surface area contributed by atoms with Gasteiger partial charge in [-0.15, -0.1) is 0 Å². The lowest BCUT2D eigenvalue weighted by atomic mass is 9.97. The number of benzene rings is 2. The molecule has 0 radical (unpaired) electrons. The van der Waals surface area contributed by atoms with Crippen LogP contribution in [0.3, 0.4) is 0 Å². The van der Waals surface area contributed by atoms with Crippen LogP contribution in [0.2, 0.25) is 0 Å². The zero-order valence-electron chi connectivity index (χ0n) is 12.2. The molecule has 22 heavy (non-hydrogen) atoms. The molecule has 2 aromatic carbocycles. The van der Waals surface area contributed by atoms with Crippen molar-refractivity contribution in [2.75, 3.05) is 11.9 Å². The van der Waals surface area contributed by atoms with Crippen molar-refractivity contribution in [3.05, 3.63) is 52.8 Å². The third-order valence-electron chi connectivity index (χ3n) is 4.24. The Morgan fingerprint density at radius 1 is 1.00 bits per heavy atom. The summed E-state index contributed by atoms with van der Waals surface area (Å²) in [5.41, 5.74) is 3.57. The number of hydrogen-bond acceptors (Lipinski definition) is 3. The number of fused-ring (bicyclic) bond motifs is 2. The zero-order chi connectivity index (χ0) is 14.9. The molecule has 3 nitrogen and oxygen atoms in total. The maximum atomic E-state index is 5.35. The molecule has 0 saturated carbocycles. The van der Waals surface area contributed by atoms with Gasteiger partial charge in [-0.2, -0.15) is 0 Å². The number of nitrogens with one attached hydrogen (secondary N) is 2. The van der Waals surface area contributed by atoms with E-state index in [1.807, 2.05) is 0 Å². The molecule has 3 aromatic rings. The Balaban J connectivity index is 2.03. The van der Waals surface area contributed by atoms with Crippen molar-refractivity contribution < 1.29 is 0 Å². The lowest BCUT2D eigenvalue weighted by Crippen LogP contribution is -2.05. The van der Waals surface area contributed by atoms with E-state index in [0.717, 1.165) is 30.9 Å². The van der Waals surface area contributed by atoms with Gasteiger partial charge in [0.05, 0.1) is 5.69 Å². The summed E-state index contributed by atoms with van der Waals surface area (Å²) in [6, 6.07) is 14.9. The van der Waals surface area contributed by atoms with E-state index >= 15 is 0 Å². The maximum Gasteiger partial charge on any atom is 0.199 e. The summed E-state index contributed by atoms with van der Waals surface area (Å²) < 4.78 is 0.538. The quantitative estimate of drug-likeness (QED) is 0.640. The molecule has 0 unspecified atom stereocenters. The van der Waals surface area contributed by atoms with Gasteiger partial charge in [0.1, 0.15) is 5.82 Å². The van der Waals surface area contributed by atoms with Crippen LogP contribution in [0, 0.1) is 4.77 Å². The van der Waals surface area contributed by atoms with E-state index in [0.29, 0.717) is 4.77 Å². The summed E-state index contributed by atoms with van der Waals surface area (Å²) in [5.74, 6) is 0.948. The van der Waals surface area contributed by atoms with E-state index in [1.165, 1.54) is 28.3 Å². The van der Waals surface area contributed by atoms with Crippen LogP contribution >= 0.6 is 12.2 Å². The molecule has 0 atom stereocenters. The van der Waals surface area contributed by atoms with Crippen LogP contribution in [-0.2, 0) is 6.42 Å². The highest BCUT2D eigenvalue weighted by Crippen LogP contribution is 2.33. The van der Waals surface area contributed by atoms with E-state index in [2.05, 4.69) is 57.7 Å². The Bertz CT molecular complexity index is 893. The molecule has 1 aliphatic heterocycles. The Morgan fingerprint density at radius 2 is 1.86 bits per heavy atom. The number of aromatic nitrogens is 2. The lowest BCUT2D eigenvalue weighted by Gasteiger charge is -2.14. The Morgan fingerprint density at radius 3 is 2.82 bits per heavy atom. The summed E-state index contributed by atoms with van der Waals surface area (Å²) in [7, 11) is 0. The molecular formula is C18H17N3S. The first kappa shape index (κ1) is 13.5. The van der Waals surface area contributed by atoms with Crippen molar-refractivity contribution in [3.8, 4) is 11.3 Å². The number of aromatic amines is 1. The van der Waals surface area contributed by atoms with Crippen LogP contribution in [0.5, 0.6) is 0 Å². The Kier molecular flexibility index (Phi) is 3.39. The van der Waals surface area contributed by atoms with Crippen LogP contribution in [0.1, 0.15) is 18.4 Å². The first-order valence-corrected chi connectivity index (χ1v) is 8.09. The molecule has 0 spiro atoms. The van der Waals surface area contributed by atoms with Gasteiger partial charge >= 0.3 is 0 Å². The molecule has 1 aromatic heterocycles. The Labute approximate surface area is 134 Å². The van der Waals surface area contributed by atoms with Gasteiger partial charge in [0.15, 0.2) is 4.77 Å². The molecule has 0 saturated heterocycles. The van der Waals surface area contributed by atoms with Crippen LogP contribution in [0.25, 0.3) is 22.0 Å². The minimum atomic E-state index is 0.538. The predicted molar refractivity (Wildman–Crippen MR) is 93.8 cm³/mol. The molecule has 1 aliphatic rings. The van der Waals surface area contributed by atoms with Crippen molar-refractivity contribution in [1.29, 1.82) is 0 Å². The third-order valence-corrected chi connectivity index (χ3v) is 4.43. The smallest absolute Gasteiger partial charge is 0.199 e. The number of nitrogens with zero attached hydrogens (tertiary/aromatic N) is 1. The highest BCUT2D eigenvalue weighted by Gasteiger charge is 2.16. The topological polar surface area (TPSA) is 40.7 Å². The molecule has 0 aliphatic carbocycles. The average Bonchev–Trinajstić information content (AvgIpc) is 2.79. The molecule has 2 N–H and O–H groups in total. The van der Waals surface area contributed by atoms with E-state index < -0.39 is 0 Å². The highest BCUT2D eigenvalue weighted by atomic mass is 32.1. The molecule has 0 bridgehead atoms. The number of rotatable bonds is 1. The molecule has 4 heteroatoms. The molecule has 0 amide bonds. The van der Waals surface area contributed by atoms with E-state index in [9.17, 15) is 0 Å². The normalized spacial score (nSPS) is 14.2. The van der Waals surface area contributed by atoms with Crippen molar-refractivity contribution >= 4 is 28.8 Å². The second-order valence-electron chi connectivity index (χ2n) is 5.65. The van der Waals surface area contributed by atoms with E-state index in [1.54, 1.807) is 0 Å². The number of anilines is 1. The van der Waals surface area contributed by atoms with Gasteiger partial charge in [-0.25, -0.2) is 4.98 Å². The summed E-state index contributed by atoms with van der Waals surface area (Å²) in [6.45, 7) is 0.966. The summed E-state index contributed by atoms with van der Waals surface area (Å²) in [4.78, 5) is 7.82. The summed E-state index contributed by atoms with van der Waals surface area (Å²) in [5, 5.41) is 5.91. The van der Waals surface area contributed by atoms with Crippen LogP contribution in [-0.4, -0.2) is 16.5 Å². The first-order valence-electron chi connectivity index (χ1n) is 7.68. The minimum absolute atomic E-state index is 0.538. The predicted octanol–water partition coefficient (Wildman–Crippen LogP) is 4.71. The van der Waals surface area contributed by atoms with Gasteiger partial charge in [0.25, 0.3) is 0 Å². The fourth-order valence-corrected chi connectivity index (χ4v) is 3.39. The van der Waals surface area contributed by atoms with Crippen molar-refractivity contribution in [3.63, 3.8) is 0 Å². The highest BCUT2D eigenvalue weighted by molar-refractivity contribution is 7.71.